The van der Waals surface area contributed by atoms with Crippen LogP contribution in [0.5, 0.6) is 0 Å². The molecule has 16 heteroatoms. The largest absolute Gasteiger partial charge is 0.458 e. The molecule has 2 heterocycles. The molecule has 0 saturated carbocycles. The first-order valence-electron chi connectivity index (χ1n) is 21.6. The van der Waals surface area contributed by atoms with E-state index in [9.17, 15) is 38.4 Å². The molecule has 6 N–H and O–H groups in total. The van der Waals surface area contributed by atoms with Crippen LogP contribution in [0.1, 0.15) is 113 Å². The number of cyclic esters (lactones) is 1. The minimum absolute atomic E-state index is 0.0165. The molecule has 7 amide bonds. The Labute approximate surface area is 355 Å². The number of esters is 1. The van der Waals surface area contributed by atoms with E-state index in [2.05, 4.69) is 31.9 Å². The van der Waals surface area contributed by atoms with E-state index in [0.29, 0.717) is 24.8 Å². The molecule has 2 fully saturated rings. The minimum atomic E-state index is -1.58. The van der Waals surface area contributed by atoms with E-state index >= 15 is 0 Å². The van der Waals surface area contributed by atoms with Gasteiger partial charge in [0.2, 0.25) is 41.4 Å². The highest BCUT2D eigenvalue weighted by Gasteiger charge is 2.43. The average molecular weight is 840 g/mol. The van der Waals surface area contributed by atoms with Gasteiger partial charge in [0.1, 0.15) is 48.4 Å². The van der Waals surface area contributed by atoms with Crippen LogP contribution in [0, 0.1) is 23.7 Å². The average Bonchev–Trinajstić information content (AvgIpc) is 3.68. The molecule has 0 radical (unpaired) electrons. The lowest BCUT2D eigenvalue weighted by molar-refractivity contribution is -0.157. The van der Waals surface area contributed by atoms with Crippen LogP contribution in [-0.2, 0) is 49.5 Å². The Hall–Kier alpha value is -5.02. The van der Waals surface area contributed by atoms with Gasteiger partial charge in [-0.2, -0.15) is 0 Å². The molecule has 3 rings (SSSR count). The third-order valence-corrected chi connectivity index (χ3v) is 11.1. The standard InChI is InChI=1S/C44H69N7O9/c1-11-12-14-21-32(52)46-33(24(2)3)39(54)50-37-28(10)60-44(59)36(27(8)9)49-41(56)35(26(6)7)48-40(55)34(25(4)5)47-38(53)31-20-17-22-51(31)43(58)30(45-42(37)57)23-29-18-15-13-16-19-29/h13,15-16,18-19,24-28,30-31,33-37H,11-12,14,17,20-23H2,1-10H3,(H,45,57)(H,46,52)(H,47,53)(H,48,55)(H,49,56)(H,50,54). The number of nitrogens with one attached hydrogen (secondary N) is 6. The van der Waals surface area contributed by atoms with E-state index in [1.807, 2.05) is 13.0 Å². The summed E-state index contributed by atoms with van der Waals surface area (Å²) in [5.41, 5.74) is 0.701. The highest BCUT2D eigenvalue weighted by atomic mass is 16.5. The smallest absolute Gasteiger partial charge is 0.329 e. The number of benzene rings is 1. The lowest BCUT2D eigenvalue weighted by Gasteiger charge is -2.32. The molecule has 0 aromatic heterocycles. The summed E-state index contributed by atoms with van der Waals surface area (Å²) in [5, 5.41) is 16.6. The monoisotopic (exact) mass is 840 g/mol. The SMILES string of the molecule is CCCCCC(=O)NC(C(=O)NC1C(=O)NC(Cc2ccccc2)C(=O)N2CCCC2C(=O)NC(C(C)C)C(=O)NC(C(C)C)C(=O)NC(C(C)C)C(=O)OC1C)C(C)C. The van der Waals surface area contributed by atoms with Gasteiger partial charge in [-0.25, -0.2) is 4.79 Å². The van der Waals surface area contributed by atoms with Crippen LogP contribution in [0.4, 0.5) is 0 Å². The van der Waals surface area contributed by atoms with Crippen LogP contribution < -0.4 is 31.9 Å². The van der Waals surface area contributed by atoms with Gasteiger partial charge < -0.3 is 41.5 Å². The second-order valence-electron chi connectivity index (χ2n) is 17.5. The van der Waals surface area contributed by atoms with E-state index in [4.69, 9.17) is 4.74 Å². The van der Waals surface area contributed by atoms with Gasteiger partial charge in [-0.1, -0.05) is 105 Å². The van der Waals surface area contributed by atoms with Crippen molar-refractivity contribution < 1.29 is 43.1 Å². The Morgan fingerprint density at radius 1 is 0.767 bits per heavy atom. The maximum Gasteiger partial charge on any atom is 0.329 e. The van der Waals surface area contributed by atoms with Crippen LogP contribution in [0.2, 0.25) is 0 Å². The number of rotatable bonds is 13. The quantitative estimate of drug-likeness (QED) is 0.127. The van der Waals surface area contributed by atoms with E-state index < -0.39 is 113 Å². The maximum absolute atomic E-state index is 14.6. The predicted octanol–water partition coefficient (Wildman–Crippen LogP) is 2.28. The zero-order valence-corrected chi connectivity index (χ0v) is 37.1. The Balaban J connectivity index is 2.15. The minimum Gasteiger partial charge on any atom is -0.458 e. The summed E-state index contributed by atoms with van der Waals surface area (Å²) in [4.78, 5) is 113. The molecule has 0 spiro atoms. The van der Waals surface area contributed by atoms with Crippen molar-refractivity contribution in [2.75, 3.05) is 6.54 Å². The van der Waals surface area contributed by atoms with Crippen LogP contribution in [0.3, 0.4) is 0 Å². The molecule has 16 nitrogen and oxygen atoms in total. The van der Waals surface area contributed by atoms with E-state index in [1.54, 1.807) is 79.7 Å². The van der Waals surface area contributed by atoms with Crippen molar-refractivity contribution in [3.05, 3.63) is 35.9 Å². The number of ether oxygens (including phenoxy) is 1. The van der Waals surface area contributed by atoms with Crippen molar-refractivity contribution in [1.29, 1.82) is 0 Å². The normalized spacial score (nSPS) is 25.6. The Bertz CT molecular complexity index is 1670. The zero-order chi connectivity index (χ0) is 44.8. The molecule has 2 aliphatic heterocycles. The number of carbonyl (C=O) groups excluding carboxylic acids is 8. The van der Waals surface area contributed by atoms with Gasteiger partial charge in [-0.15, -0.1) is 0 Å². The van der Waals surface area contributed by atoms with Crippen molar-refractivity contribution in [1.82, 2.24) is 36.8 Å². The summed E-state index contributed by atoms with van der Waals surface area (Å²) >= 11 is 0. The lowest BCUT2D eigenvalue weighted by atomic mass is 9.98. The summed E-state index contributed by atoms with van der Waals surface area (Å²) in [6, 6.07) is 0.686. The van der Waals surface area contributed by atoms with Crippen LogP contribution in [-0.4, -0.2) is 107 Å². The fourth-order valence-electron chi connectivity index (χ4n) is 7.40. The first-order valence-corrected chi connectivity index (χ1v) is 21.6. The molecule has 2 aliphatic rings. The van der Waals surface area contributed by atoms with Gasteiger partial charge >= 0.3 is 5.97 Å². The number of carbonyl (C=O) groups is 8. The number of fused-ring (bicyclic) bond motifs is 1. The summed E-state index contributed by atoms with van der Waals surface area (Å²) in [5.74, 6) is -6.96. The fourth-order valence-corrected chi connectivity index (χ4v) is 7.40. The highest BCUT2D eigenvalue weighted by molar-refractivity contribution is 5.98. The van der Waals surface area contributed by atoms with Gasteiger partial charge in [0.25, 0.3) is 0 Å². The third kappa shape index (κ3) is 13.8. The summed E-state index contributed by atoms with van der Waals surface area (Å²) in [7, 11) is 0. The molecule has 1 aromatic carbocycles. The Kier molecular flexibility index (Phi) is 19.0. The fraction of sp³-hybridized carbons (Fsp3) is 0.682. The number of amides is 7. The topological polar surface area (TPSA) is 221 Å². The molecule has 8 unspecified atom stereocenters. The van der Waals surface area contributed by atoms with Crippen molar-refractivity contribution >= 4 is 47.3 Å². The summed E-state index contributed by atoms with van der Waals surface area (Å²) in [6.45, 7) is 17.4. The highest BCUT2D eigenvalue weighted by Crippen LogP contribution is 2.22. The molecular weight excluding hydrogens is 771 g/mol. The van der Waals surface area contributed by atoms with Crippen molar-refractivity contribution in [2.45, 2.75) is 163 Å². The number of unbranched alkanes of at least 4 members (excludes halogenated alkanes) is 2. The summed E-state index contributed by atoms with van der Waals surface area (Å²) < 4.78 is 5.88. The molecule has 1 aromatic rings. The second-order valence-corrected chi connectivity index (χ2v) is 17.5. The molecule has 60 heavy (non-hydrogen) atoms. The molecule has 8 atom stereocenters. The van der Waals surface area contributed by atoms with Crippen LogP contribution in [0.15, 0.2) is 30.3 Å². The molecule has 0 bridgehead atoms. The van der Waals surface area contributed by atoms with Gasteiger partial charge in [-0.3, -0.25) is 33.6 Å². The zero-order valence-electron chi connectivity index (χ0n) is 37.1. The van der Waals surface area contributed by atoms with Gasteiger partial charge in [-0.05, 0) is 55.4 Å². The number of hydrogen-bond donors (Lipinski definition) is 6. The molecular formula is C44H69N7O9. The first kappa shape index (κ1) is 49.3. The Morgan fingerprint density at radius 2 is 1.33 bits per heavy atom. The second kappa shape index (κ2) is 23.1. The predicted molar refractivity (Wildman–Crippen MR) is 226 cm³/mol. The van der Waals surface area contributed by atoms with Crippen LogP contribution >= 0.6 is 0 Å². The Morgan fingerprint density at radius 3 is 1.88 bits per heavy atom. The van der Waals surface area contributed by atoms with Crippen LogP contribution in [0.25, 0.3) is 0 Å². The van der Waals surface area contributed by atoms with Crippen molar-refractivity contribution in [2.24, 2.45) is 23.7 Å². The lowest BCUT2D eigenvalue weighted by Crippen LogP contribution is -2.62. The van der Waals surface area contributed by atoms with E-state index in [1.165, 1.54) is 11.8 Å². The van der Waals surface area contributed by atoms with Gasteiger partial charge in [0.05, 0.1) is 0 Å². The van der Waals surface area contributed by atoms with Crippen molar-refractivity contribution in [3.63, 3.8) is 0 Å². The maximum atomic E-state index is 14.6. The molecule has 334 valence electrons. The number of hydrogen-bond acceptors (Lipinski definition) is 9. The van der Waals surface area contributed by atoms with Gasteiger partial charge in [0.15, 0.2) is 0 Å². The first-order chi connectivity index (χ1) is 28.3. The van der Waals surface area contributed by atoms with Gasteiger partial charge in [0, 0.05) is 19.4 Å². The molecule has 0 aliphatic carbocycles. The summed E-state index contributed by atoms with van der Waals surface area (Å²) in [6.07, 6.45) is 2.03. The van der Waals surface area contributed by atoms with Crippen molar-refractivity contribution in [3.8, 4) is 0 Å². The van der Waals surface area contributed by atoms with E-state index in [-0.39, 0.29) is 25.3 Å². The van der Waals surface area contributed by atoms with E-state index in [0.717, 1.165) is 12.8 Å². The number of nitrogens with zero attached hydrogens (tertiary/aromatic N) is 1. The molecule has 2 saturated heterocycles. The third-order valence-electron chi connectivity index (χ3n) is 11.1.